The summed E-state index contributed by atoms with van der Waals surface area (Å²) in [6.45, 7) is 7.25. The second-order valence-corrected chi connectivity index (χ2v) is 4.63. The number of hydrogen-bond donors (Lipinski definition) is 2. The Morgan fingerprint density at radius 1 is 1.54 bits per heavy atom. The van der Waals surface area contributed by atoms with Crippen molar-refractivity contribution in [3.63, 3.8) is 0 Å². The van der Waals surface area contributed by atoms with Gasteiger partial charge in [-0.05, 0) is 20.8 Å². The van der Waals surface area contributed by atoms with Gasteiger partial charge in [0, 0.05) is 19.6 Å². The van der Waals surface area contributed by atoms with Gasteiger partial charge in [0.25, 0.3) is 0 Å². The van der Waals surface area contributed by atoms with Crippen molar-refractivity contribution < 1.29 is 9.53 Å². The SMILES string of the molecule is CC(C)(C)C(=O)OC1(CN)CNC1. The van der Waals surface area contributed by atoms with Crippen LogP contribution in [0.2, 0.25) is 0 Å². The Balaban J connectivity index is 2.52. The lowest BCUT2D eigenvalue weighted by Gasteiger charge is -2.42. The maximum atomic E-state index is 11.5. The molecule has 0 amide bonds. The normalized spacial score (nSPS) is 20.6. The van der Waals surface area contributed by atoms with Gasteiger partial charge in [-0.3, -0.25) is 4.79 Å². The smallest absolute Gasteiger partial charge is 0.311 e. The maximum Gasteiger partial charge on any atom is 0.311 e. The quantitative estimate of drug-likeness (QED) is 0.590. The lowest BCUT2D eigenvalue weighted by Crippen LogP contribution is -2.66. The molecular weight excluding hydrogens is 168 g/mol. The molecule has 1 aliphatic heterocycles. The van der Waals surface area contributed by atoms with Crippen molar-refractivity contribution in [2.75, 3.05) is 19.6 Å². The van der Waals surface area contributed by atoms with E-state index in [1.54, 1.807) is 0 Å². The zero-order chi connectivity index (χ0) is 10.1. The first-order chi connectivity index (χ1) is 5.90. The van der Waals surface area contributed by atoms with E-state index in [9.17, 15) is 4.79 Å². The molecule has 4 nitrogen and oxygen atoms in total. The summed E-state index contributed by atoms with van der Waals surface area (Å²) in [4.78, 5) is 11.5. The first kappa shape index (κ1) is 10.5. The average Bonchev–Trinajstić information content (AvgIpc) is 1.94. The molecule has 0 saturated carbocycles. The minimum Gasteiger partial charge on any atom is -0.455 e. The standard InChI is InChI=1S/C9H18N2O2/c1-8(2,3)7(12)13-9(4-10)5-11-6-9/h11H,4-6,10H2,1-3H3. The van der Waals surface area contributed by atoms with Crippen LogP contribution in [0.25, 0.3) is 0 Å². The molecule has 3 N–H and O–H groups in total. The fraction of sp³-hybridized carbons (Fsp3) is 0.889. The zero-order valence-electron chi connectivity index (χ0n) is 8.52. The van der Waals surface area contributed by atoms with E-state index < -0.39 is 11.0 Å². The second kappa shape index (κ2) is 3.27. The number of ether oxygens (including phenoxy) is 1. The summed E-state index contributed by atoms with van der Waals surface area (Å²) in [5.74, 6) is -0.181. The van der Waals surface area contributed by atoms with E-state index in [1.807, 2.05) is 20.8 Å². The summed E-state index contributed by atoms with van der Waals surface area (Å²) < 4.78 is 5.36. The van der Waals surface area contributed by atoms with Gasteiger partial charge in [0.2, 0.25) is 0 Å². The van der Waals surface area contributed by atoms with Gasteiger partial charge in [-0.1, -0.05) is 0 Å². The van der Waals surface area contributed by atoms with Crippen LogP contribution in [0.15, 0.2) is 0 Å². The predicted molar refractivity (Wildman–Crippen MR) is 50.2 cm³/mol. The maximum absolute atomic E-state index is 11.5. The molecule has 0 bridgehead atoms. The van der Waals surface area contributed by atoms with Crippen molar-refractivity contribution in [3.8, 4) is 0 Å². The summed E-state index contributed by atoms with van der Waals surface area (Å²) >= 11 is 0. The van der Waals surface area contributed by atoms with Gasteiger partial charge >= 0.3 is 5.97 Å². The van der Waals surface area contributed by atoms with E-state index in [0.717, 1.165) is 0 Å². The first-order valence-corrected chi connectivity index (χ1v) is 4.54. The Kier molecular flexibility index (Phi) is 2.63. The van der Waals surface area contributed by atoms with Crippen LogP contribution in [0.4, 0.5) is 0 Å². The van der Waals surface area contributed by atoms with Crippen molar-refractivity contribution in [1.82, 2.24) is 5.32 Å². The lowest BCUT2D eigenvalue weighted by atomic mass is 9.93. The van der Waals surface area contributed by atoms with Crippen LogP contribution in [-0.2, 0) is 9.53 Å². The van der Waals surface area contributed by atoms with Crippen LogP contribution >= 0.6 is 0 Å². The van der Waals surface area contributed by atoms with Gasteiger partial charge < -0.3 is 15.8 Å². The highest BCUT2D eigenvalue weighted by Gasteiger charge is 2.41. The van der Waals surface area contributed by atoms with Gasteiger partial charge in [-0.2, -0.15) is 0 Å². The fourth-order valence-corrected chi connectivity index (χ4v) is 1.01. The number of nitrogens with two attached hydrogens (primary N) is 1. The minimum absolute atomic E-state index is 0.181. The van der Waals surface area contributed by atoms with Crippen LogP contribution in [0.1, 0.15) is 20.8 Å². The molecule has 1 fully saturated rings. The molecule has 0 aromatic rings. The molecule has 0 aromatic heterocycles. The Hall–Kier alpha value is -0.610. The van der Waals surface area contributed by atoms with Crippen molar-refractivity contribution in [2.45, 2.75) is 26.4 Å². The Morgan fingerprint density at radius 3 is 2.31 bits per heavy atom. The molecule has 0 aromatic carbocycles. The molecule has 13 heavy (non-hydrogen) atoms. The van der Waals surface area contributed by atoms with Crippen LogP contribution in [0.5, 0.6) is 0 Å². The number of rotatable bonds is 2. The molecule has 0 spiro atoms. The molecule has 0 aliphatic carbocycles. The number of carbonyl (C=O) groups is 1. The van der Waals surface area contributed by atoms with E-state index in [0.29, 0.717) is 19.6 Å². The van der Waals surface area contributed by atoms with Crippen LogP contribution in [-0.4, -0.2) is 31.2 Å². The number of carbonyl (C=O) groups excluding carboxylic acids is 1. The second-order valence-electron chi connectivity index (χ2n) is 4.63. The van der Waals surface area contributed by atoms with Crippen LogP contribution in [0, 0.1) is 5.41 Å². The zero-order valence-corrected chi connectivity index (χ0v) is 8.52. The van der Waals surface area contributed by atoms with Crippen LogP contribution < -0.4 is 11.1 Å². The van der Waals surface area contributed by atoms with E-state index in [2.05, 4.69) is 5.32 Å². The molecule has 76 valence electrons. The van der Waals surface area contributed by atoms with Gasteiger partial charge in [0.15, 0.2) is 0 Å². The molecule has 1 saturated heterocycles. The summed E-state index contributed by atoms with van der Waals surface area (Å²) in [5, 5.41) is 3.05. The van der Waals surface area contributed by atoms with Crippen molar-refractivity contribution in [1.29, 1.82) is 0 Å². The van der Waals surface area contributed by atoms with Gasteiger partial charge in [-0.15, -0.1) is 0 Å². The van der Waals surface area contributed by atoms with E-state index >= 15 is 0 Å². The number of nitrogens with one attached hydrogen (secondary N) is 1. The lowest BCUT2D eigenvalue weighted by molar-refractivity contribution is -0.173. The topological polar surface area (TPSA) is 64.3 Å². The van der Waals surface area contributed by atoms with E-state index in [1.165, 1.54) is 0 Å². The largest absolute Gasteiger partial charge is 0.455 e. The molecule has 0 atom stereocenters. The Labute approximate surface area is 78.8 Å². The van der Waals surface area contributed by atoms with Gasteiger partial charge in [-0.25, -0.2) is 0 Å². The highest BCUT2D eigenvalue weighted by atomic mass is 16.6. The predicted octanol–water partition coefficient (Wildman–Crippen LogP) is -0.124. The first-order valence-electron chi connectivity index (χ1n) is 4.54. The molecule has 1 heterocycles. The fourth-order valence-electron chi connectivity index (χ4n) is 1.01. The average molecular weight is 186 g/mol. The molecular formula is C9H18N2O2. The van der Waals surface area contributed by atoms with Crippen molar-refractivity contribution in [2.24, 2.45) is 11.1 Å². The Bertz CT molecular complexity index is 199. The minimum atomic E-state index is -0.447. The van der Waals surface area contributed by atoms with Crippen LogP contribution in [0.3, 0.4) is 0 Å². The summed E-state index contributed by atoms with van der Waals surface area (Å²) in [6, 6.07) is 0. The molecule has 1 aliphatic rings. The number of hydrogen-bond acceptors (Lipinski definition) is 4. The molecule has 4 heteroatoms. The highest BCUT2D eigenvalue weighted by molar-refractivity contribution is 5.76. The van der Waals surface area contributed by atoms with Gasteiger partial charge in [0.05, 0.1) is 5.41 Å². The molecule has 0 unspecified atom stereocenters. The van der Waals surface area contributed by atoms with E-state index in [4.69, 9.17) is 10.5 Å². The third-order valence-corrected chi connectivity index (χ3v) is 2.19. The van der Waals surface area contributed by atoms with Gasteiger partial charge in [0.1, 0.15) is 5.60 Å². The molecule has 1 rings (SSSR count). The third kappa shape index (κ3) is 2.19. The Morgan fingerprint density at radius 2 is 2.08 bits per heavy atom. The van der Waals surface area contributed by atoms with E-state index in [-0.39, 0.29) is 5.97 Å². The van der Waals surface area contributed by atoms with Crippen molar-refractivity contribution >= 4 is 5.97 Å². The number of esters is 1. The highest BCUT2D eigenvalue weighted by Crippen LogP contribution is 2.22. The summed E-state index contributed by atoms with van der Waals surface area (Å²) in [5.41, 5.74) is 4.66. The molecule has 0 radical (unpaired) electrons. The summed E-state index contributed by atoms with van der Waals surface area (Å²) in [7, 11) is 0. The van der Waals surface area contributed by atoms with Crippen molar-refractivity contribution in [3.05, 3.63) is 0 Å². The third-order valence-electron chi connectivity index (χ3n) is 2.19. The monoisotopic (exact) mass is 186 g/mol. The summed E-state index contributed by atoms with van der Waals surface area (Å²) in [6.07, 6.45) is 0.